The highest BCUT2D eigenvalue weighted by Gasteiger charge is 2.20. The number of rotatable bonds is 7. The molecule has 30 heavy (non-hydrogen) atoms. The standard InChI is InChI=1S/C12H14FN.C8H18N4O2.C2H6/c1-9-4-5-11(12(13)7-9)10-3-2-6-14-8-10;1-5(2)3-6(8(13)14)4-7(9)11-12-10;1-2/h3-5,7,14H,2,6,8H2,1H3;5-6,12H,3-4,10H2,1-2H3,(H2,9,11)(H,13,14);1-2H3. The third kappa shape index (κ3) is 10.9. The second-order valence-electron chi connectivity index (χ2n) is 7.28. The molecule has 1 heterocycles. The predicted molar refractivity (Wildman–Crippen MR) is 122 cm³/mol. The van der Waals surface area contributed by atoms with Gasteiger partial charge in [-0.3, -0.25) is 4.79 Å². The van der Waals surface area contributed by atoms with Gasteiger partial charge in [0.2, 0.25) is 0 Å². The first kappa shape index (κ1) is 27.5. The fourth-order valence-corrected chi connectivity index (χ4v) is 2.95. The first-order chi connectivity index (χ1) is 14.2. The number of aliphatic carboxylic acids is 1. The molecule has 0 radical (unpaired) electrons. The zero-order valence-electron chi connectivity index (χ0n) is 18.8. The Morgan fingerprint density at radius 1 is 1.37 bits per heavy atom. The van der Waals surface area contributed by atoms with Gasteiger partial charge in [0, 0.05) is 18.5 Å². The number of carboxylic acid groups (broad SMARTS) is 1. The van der Waals surface area contributed by atoms with E-state index in [1.807, 2.05) is 52.3 Å². The van der Waals surface area contributed by atoms with Crippen molar-refractivity contribution in [2.75, 3.05) is 13.1 Å². The molecule has 1 aliphatic rings. The van der Waals surface area contributed by atoms with Crippen molar-refractivity contribution < 1.29 is 14.3 Å². The molecule has 1 atom stereocenters. The third-order valence-electron chi connectivity index (χ3n) is 4.27. The minimum atomic E-state index is -0.853. The molecule has 0 bridgehead atoms. The van der Waals surface area contributed by atoms with E-state index in [1.165, 1.54) is 0 Å². The fraction of sp³-hybridized carbons (Fsp3) is 0.545. The Hall–Kier alpha value is -2.45. The molecule has 170 valence electrons. The summed E-state index contributed by atoms with van der Waals surface area (Å²) in [6.07, 6.45) is 3.90. The summed E-state index contributed by atoms with van der Waals surface area (Å²) in [6, 6.07) is 5.40. The average Bonchev–Trinajstić information content (AvgIpc) is 2.70. The van der Waals surface area contributed by atoms with Crippen LogP contribution in [0, 0.1) is 24.6 Å². The van der Waals surface area contributed by atoms with Crippen LogP contribution in [-0.4, -0.2) is 30.0 Å². The van der Waals surface area contributed by atoms with Gasteiger partial charge in [0.05, 0.1) is 5.92 Å². The van der Waals surface area contributed by atoms with E-state index in [0.717, 1.165) is 36.2 Å². The average molecular weight is 424 g/mol. The number of nitrogens with zero attached hydrogens (tertiary/aromatic N) is 1. The van der Waals surface area contributed by atoms with Crippen LogP contribution in [0.2, 0.25) is 0 Å². The minimum absolute atomic E-state index is 0.111. The highest BCUT2D eigenvalue weighted by atomic mass is 19.1. The Morgan fingerprint density at radius 3 is 2.50 bits per heavy atom. The SMILES string of the molecule is CC.CC(C)CC(C/C(N)=N/NN)C(=O)O.Cc1ccc(C2=CCCNC2)c(F)c1. The first-order valence-electron chi connectivity index (χ1n) is 10.4. The van der Waals surface area contributed by atoms with E-state index < -0.39 is 11.9 Å². The molecule has 1 aromatic carbocycles. The van der Waals surface area contributed by atoms with E-state index in [2.05, 4.69) is 16.5 Å². The van der Waals surface area contributed by atoms with Crippen LogP contribution in [0.3, 0.4) is 0 Å². The van der Waals surface area contributed by atoms with E-state index in [9.17, 15) is 9.18 Å². The Bertz CT molecular complexity index is 705. The molecule has 0 fully saturated rings. The van der Waals surface area contributed by atoms with Crippen LogP contribution in [0.1, 0.15) is 58.1 Å². The van der Waals surface area contributed by atoms with Gasteiger partial charge in [-0.1, -0.05) is 45.9 Å². The molecule has 0 aliphatic carbocycles. The van der Waals surface area contributed by atoms with E-state index in [4.69, 9.17) is 16.7 Å². The molecule has 7 nitrogen and oxygen atoms in total. The Morgan fingerprint density at radius 2 is 2.03 bits per heavy atom. The zero-order chi connectivity index (χ0) is 23.1. The van der Waals surface area contributed by atoms with Crippen molar-refractivity contribution in [3.8, 4) is 0 Å². The zero-order valence-corrected chi connectivity index (χ0v) is 18.8. The summed E-state index contributed by atoms with van der Waals surface area (Å²) in [5, 5.41) is 15.6. The van der Waals surface area contributed by atoms with Crippen molar-refractivity contribution in [2.45, 2.75) is 53.9 Å². The van der Waals surface area contributed by atoms with Crippen LogP contribution < -0.4 is 22.4 Å². The monoisotopic (exact) mass is 423 g/mol. The van der Waals surface area contributed by atoms with Crippen molar-refractivity contribution in [3.05, 3.63) is 41.2 Å². The lowest BCUT2D eigenvalue weighted by atomic mass is 9.94. The van der Waals surface area contributed by atoms with Crippen molar-refractivity contribution in [1.29, 1.82) is 0 Å². The minimum Gasteiger partial charge on any atom is -0.481 e. The highest BCUT2D eigenvalue weighted by molar-refractivity contribution is 5.84. The number of hydrazine groups is 1. The summed E-state index contributed by atoms with van der Waals surface area (Å²) in [4.78, 5) is 10.8. The number of hydrogen-bond acceptors (Lipinski definition) is 5. The molecule has 0 spiro atoms. The molecular weight excluding hydrogens is 385 g/mol. The number of halogens is 1. The number of amidine groups is 1. The van der Waals surface area contributed by atoms with Crippen LogP contribution in [0.4, 0.5) is 4.39 Å². The lowest BCUT2D eigenvalue weighted by molar-refractivity contribution is -0.142. The van der Waals surface area contributed by atoms with Crippen LogP contribution in [0.5, 0.6) is 0 Å². The molecule has 7 N–H and O–H groups in total. The summed E-state index contributed by atoms with van der Waals surface area (Å²) in [5.74, 6) is 3.98. The molecule has 2 rings (SSSR count). The van der Waals surface area contributed by atoms with Gasteiger partial charge >= 0.3 is 5.97 Å². The van der Waals surface area contributed by atoms with Gasteiger partial charge in [0.1, 0.15) is 11.7 Å². The highest BCUT2D eigenvalue weighted by Crippen LogP contribution is 2.21. The Kier molecular flexibility index (Phi) is 14.1. The quantitative estimate of drug-likeness (QED) is 0.198. The topological polar surface area (TPSA) is 126 Å². The predicted octanol–water partition coefficient (Wildman–Crippen LogP) is 3.40. The van der Waals surface area contributed by atoms with Crippen molar-refractivity contribution in [2.24, 2.45) is 28.5 Å². The molecule has 8 heteroatoms. The van der Waals surface area contributed by atoms with E-state index in [1.54, 1.807) is 6.07 Å². The smallest absolute Gasteiger partial charge is 0.306 e. The molecule has 1 unspecified atom stereocenters. The maximum Gasteiger partial charge on any atom is 0.306 e. The number of nitrogens with two attached hydrogens (primary N) is 2. The Balaban J connectivity index is 0.000000518. The fourth-order valence-electron chi connectivity index (χ4n) is 2.95. The van der Waals surface area contributed by atoms with Gasteiger partial charge in [0.25, 0.3) is 0 Å². The van der Waals surface area contributed by atoms with E-state index in [-0.39, 0.29) is 18.1 Å². The van der Waals surface area contributed by atoms with Crippen molar-refractivity contribution >= 4 is 17.4 Å². The second-order valence-corrected chi connectivity index (χ2v) is 7.28. The summed E-state index contributed by atoms with van der Waals surface area (Å²) >= 11 is 0. The van der Waals surface area contributed by atoms with Crippen LogP contribution in [0.15, 0.2) is 29.4 Å². The molecule has 1 aromatic rings. The summed E-state index contributed by atoms with van der Waals surface area (Å²) in [5.41, 5.74) is 10.3. The van der Waals surface area contributed by atoms with Crippen LogP contribution >= 0.6 is 0 Å². The van der Waals surface area contributed by atoms with Crippen molar-refractivity contribution in [3.63, 3.8) is 0 Å². The summed E-state index contributed by atoms with van der Waals surface area (Å²) in [7, 11) is 0. The number of carbonyl (C=O) groups is 1. The Labute approximate surface area is 179 Å². The first-order valence-corrected chi connectivity index (χ1v) is 10.4. The van der Waals surface area contributed by atoms with E-state index >= 15 is 0 Å². The largest absolute Gasteiger partial charge is 0.481 e. The third-order valence-corrected chi connectivity index (χ3v) is 4.27. The lowest BCUT2D eigenvalue weighted by Gasteiger charge is -2.15. The molecular formula is C22H38FN5O2. The maximum absolute atomic E-state index is 13.6. The van der Waals surface area contributed by atoms with Gasteiger partial charge in [-0.2, -0.15) is 5.10 Å². The lowest BCUT2D eigenvalue weighted by Crippen LogP contribution is -2.27. The van der Waals surface area contributed by atoms with Gasteiger partial charge < -0.3 is 16.2 Å². The number of benzene rings is 1. The molecule has 0 saturated heterocycles. The number of hydrogen-bond donors (Lipinski definition) is 5. The molecule has 0 saturated carbocycles. The van der Waals surface area contributed by atoms with Crippen LogP contribution in [-0.2, 0) is 4.79 Å². The van der Waals surface area contributed by atoms with Crippen molar-refractivity contribution in [1.82, 2.24) is 10.9 Å². The van der Waals surface area contributed by atoms with Gasteiger partial charge in [-0.15, -0.1) is 0 Å². The normalized spacial score (nSPS) is 14.5. The summed E-state index contributed by atoms with van der Waals surface area (Å²) in [6.45, 7) is 11.6. The maximum atomic E-state index is 13.6. The number of aryl methyl sites for hydroxylation is 1. The van der Waals surface area contributed by atoms with Gasteiger partial charge in [-0.05, 0) is 49.4 Å². The summed E-state index contributed by atoms with van der Waals surface area (Å²) < 4.78 is 13.6. The second kappa shape index (κ2) is 15.4. The number of carboxylic acids is 1. The molecule has 1 aliphatic heterocycles. The number of hydrazone groups is 1. The number of nitrogens with one attached hydrogen (secondary N) is 2. The van der Waals surface area contributed by atoms with Crippen LogP contribution in [0.25, 0.3) is 5.57 Å². The van der Waals surface area contributed by atoms with E-state index in [0.29, 0.717) is 12.3 Å². The molecule has 0 aromatic heterocycles. The van der Waals surface area contributed by atoms with Gasteiger partial charge in [-0.25, -0.2) is 15.8 Å². The molecule has 0 amide bonds. The van der Waals surface area contributed by atoms with Gasteiger partial charge in [0.15, 0.2) is 0 Å².